The van der Waals surface area contributed by atoms with Gasteiger partial charge in [-0.25, -0.2) is 0 Å². The lowest BCUT2D eigenvalue weighted by atomic mass is 9.75. The second-order valence-corrected chi connectivity index (χ2v) is 5.64. The van der Waals surface area contributed by atoms with Crippen molar-refractivity contribution in [1.29, 1.82) is 0 Å². The quantitative estimate of drug-likeness (QED) is 0.608. The van der Waals surface area contributed by atoms with E-state index in [1.165, 1.54) is 19.3 Å². The molecule has 74 valence electrons. The number of amides is 1. The van der Waals surface area contributed by atoms with Crippen LogP contribution < -0.4 is 5.32 Å². The van der Waals surface area contributed by atoms with Gasteiger partial charge in [0.25, 0.3) is 0 Å². The van der Waals surface area contributed by atoms with Crippen LogP contribution in [0.2, 0.25) is 0 Å². The van der Waals surface area contributed by atoms with E-state index in [9.17, 15) is 4.79 Å². The van der Waals surface area contributed by atoms with Gasteiger partial charge in [0, 0.05) is 12.5 Å². The molecule has 0 radical (unpaired) electrons. The highest BCUT2D eigenvalue weighted by Gasteiger charge is 2.52. The predicted octanol–water partition coefficient (Wildman–Crippen LogP) is 1.95. The fourth-order valence-electron chi connectivity index (χ4n) is 3.09. The van der Waals surface area contributed by atoms with Gasteiger partial charge in [0.15, 0.2) is 0 Å². The zero-order valence-electron chi connectivity index (χ0n) is 8.81. The highest BCUT2D eigenvalue weighted by atomic mass is 16.2. The summed E-state index contributed by atoms with van der Waals surface area (Å²) in [5.74, 6) is 0.493. The Labute approximate surface area is 80.1 Å². The van der Waals surface area contributed by atoms with Gasteiger partial charge in [-0.1, -0.05) is 20.8 Å². The third-order valence-electron chi connectivity index (χ3n) is 4.06. The van der Waals surface area contributed by atoms with Crippen molar-refractivity contribution in [2.45, 2.75) is 40.0 Å². The average molecular weight is 181 g/mol. The number of hydrogen-bond donors (Lipinski definition) is 1. The van der Waals surface area contributed by atoms with E-state index < -0.39 is 0 Å². The number of carbonyl (C=O) groups excluding carboxylic acids is 1. The average Bonchev–Trinajstić information content (AvgIpc) is 2.48. The molecule has 0 bridgehead atoms. The summed E-state index contributed by atoms with van der Waals surface area (Å²) in [5.41, 5.74) is 0.737. The first-order chi connectivity index (χ1) is 5.95. The Morgan fingerprint density at radius 3 is 2.46 bits per heavy atom. The van der Waals surface area contributed by atoms with Crippen LogP contribution in [0.1, 0.15) is 40.0 Å². The molecule has 13 heavy (non-hydrogen) atoms. The molecule has 0 aromatic heterocycles. The Hall–Kier alpha value is -0.530. The minimum atomic E-state index is 0.231. The summed E-state index contributed by atoms with van der Waals surface area (Å²) in [7, 11) is 0. The van der Waals surface area contributed by atoms with Gasteiger partial charge in [-0.05, 0) is 30.1 Å². The molecule has 1 aliphatic heterocycles. The topological polar surface area (TPSA) is 29.1 Å². The van der Waals surface area contributed by atoms with E-state index in [-0.39, 0.29) is 11.8 Å². The van der Waals surface area contributed by atoms with Crippen molar-refractivity contribution >= 4 is 5.91 Å². The van der Waals surface area contributed by atoms with Crippen molar-refractivity contribution < 1.29 is 4.79 Å². The fourth-order valence-corrected chi connectivity index (χ4v) is 3.09. The molecule has 1 heterocycles. The molecule has 2 rings (SSSR count). The summed E-state index contributed by atoms with van der Waals surface area (Å²) in [5, 5.41) is 3.00. The van der Waals surface area contributed by atoms with Crippen molar-refractivity contribution in [3.63, 3.8) is 0 Å². The van der Waals surface area contributed by atoms with Crippen LogP contribution in [0, 0.1) is 16.7 Å². The summed E-state index contributed by atoms with van der Waals surface area (Å²) in [4.78, 5) is 11.4. The molecule has 0 aromatic rings. The summed E-state index contributed by atoms with van der Waals surface area (Å²) < 4.78 is 0. The van der Waals surface area contributed by atoms with Crippen LogP contribution >= 0.6 is 0 Å². The number of rotatable bonds is 0. The van der Waals surface area contributed by atoms with Gasteiger partial charge in [0.1, 0.15) is 0 Å². The molecule has 2 fully saturated rings. The minimum absolute atomic E-state index is 0.231. The molecular weight excluding hydrogens is 162 g/mol. The van der Waals surface area contributed by atoms with Gasteiger partial charge in [-0.3, -0.25) is 4.79 Å². The molecular formula is C11H19NO. The highest BCUT2D eigenvalue weighted by molar-refractivity contribution is 5.81. The lowest BCUT2D eigenvalue weighted by Gasteiger charge is -2.28. The Morgan fingerprint density at radius 2 is 2.08 bits per heavy atom. The summed E-state index contributed by atoms with van der Waals surface area (Å²) in [6.45, 7) is 7.63. The third kappa shape index (κ3) is 1.27. The summed E-state index contributed by atoms with van der Waals surface area (Å²) in [6.07, 6.45) is 3.70. The second-order valence-electron chi connectivity index (χ2n) is 5.64. The van der Waals surface area contributed by atoms with Crippen LogP contribution in [-0.4, -0.2) is 12.5 Å². The van der Waals surface area contributed by atoms with Crippen LogP contribution in [0.3, 0.4) is 0 Å². The second kappa shape index (κ2) is 2.49. The molecule has 1 spiro atoms. The van der Waals surface area contributed by atoms with E-state index in [4.69, 9.17) is 0 Å². The molecule has 2 atom stereocenters. The highest BCUT2D eigenvalue weighted by Crippen LogP contribution is 2.54. The number of hydrogen-bond acceptors (Lipinski definition) is 1. The van der Waals surface area contributed by atoms with E-state index >= 15 is 0 Å². The van der Waals surface area contributed by atoms with Gasteiger partial charge in [0.05, 0.1) is 0 Å². The standard InChI is InChI=1S/C11H19NO/c1-8-9(13)12-7-11(8)5-4-10(2,3)6-11/h8H,4-7H2,1-3H3,(H,12,13). The SMILES string of the molecule is CC1C(=O)NCC12CCC(C)(C)C2. The molecule has 1 aliphatic carbocycles. The van der Waals surface area contributed by atoms with Crippen molar-refractivity contribution in [2.75, 3.05) is 6.54 Å². The van der Waals surface area contributed by atoms with E-state index in [0.717, 1.165) is 6.54 Å². The first-order valence-corrected chi connectivity index (χ1v) is 5.23. The number of carbonyl (C=O) groups is 1. The largest absolute Gasteiger partial charge is 0.355 e. The first-order valence-electron chi connectivity index (χ1n) is 5.23. The lowest BCUT2D eigenvalue weighted by Crippen LogP contribution is -2.27. The van der Waals surface area contributed by atoms with E-state index in [1.54, 1.807) is 0 Å². The minimum Gasteiger partial charge on any atom is -0.355 e. The van der Waals surface area contributed by atoms with Crippen molar-refractivity contribution in [3.8, 4) is 0 Å². The first kappa shape index (κ1) is 9.04. The van der Waals surface area contributed by atoms with Gasteiger partial charge in [-0.2, -0.15) is 0 Å². The third-order valence-corrected chi connectivity index (χ3v) is 4.06. The van der Waals surface area contributed by atoms with Crippen molar-refractivity contribution in [2.24, 2.45) is 16.7 Å². The molecule has 1 N–H and O–H groups in total. The lowest BCUT2D eigenvalue weighted by molar-refractivity contribution is -0.123. The van der Waals surface area contributed by atoms with E-state index in [2.05, 4.69) is 26.1 Å². The van der Waals surface area contributed by atoms with E-state index in [0.29, 0.717) is 10.8 Å². The van der Waals surface area contributed by atoms with E-state index in [1.807, 2.05) is 0 Å². The Balaban J connectivity index is 2.20. The smallest absolute Gasteiger partial charge is 0.223 e. The van der Waals surface area contributed by atoms with Crippen LogP contribution in [0.25, 0.3) is 0 Å². The number of nitrogens with one attached hydrogen (secondary N) is 1. The summed E-state index contributed by atoms with van der Waals surface area (Å²) in [6, 6.07) is 0. The molecule has 1 saturated heterocycles. The van der Waals surface area contributed by atoms with Gasteiger partial charge in [0.2, 0.25) is 5.91 Å². The van der Waals surface area contributed by atoms with Crippen LogP contribution in [0.5, 0.6) is 0 Å². The summed E-state index contributed by atoms with van der Waals surface area (Å²) >= 11 is 0. The van der Waals surface area contributed by atoms with Crippen LogP contribution in [0.15, 0.2) is 0 Å². The normalized spacial score (nSPS) is 42.7. The molecule has 2 unspecified atom stereocenters. The van der Waals surface area contributed by atoms with Crippen molar-refractivity contribution in [3.05, 3.63) is 0 Å². The van der Waals surface area contributed by atoms with Crippen LogP contribution in [-0.2, 0) is 4.79 Å². The maximum Gasteiger partial charge on any atom is 0.223 e. The zero-order chi connectivity index (χ0) is 9.69. The molecule has 2 nitrogen and oxygen atoms in total. The van der Waals surface area contributed by atoms with Crippen LogP contribution in [0.4, 0.5) is 0 Å². The maximum absolute atomic E-state index is 11.4. The predicted molar refractivity (Wildman–Crippen MR) is 52.2 cm³/mol. The van der Waals surface area contributed by atoms with Crippen molar-refractivity contribution in [1.82, 2.24) is 5.32 Å². The molecule has 1 saturated carbocycles. The molecule has 0 aromatic carbocycles. The molecule has 2 aliphatic rings. The molecule has 1 amide bonds. The van der Waals surface area contributed by atoms with Gasteiger partial charge >= 0.3 is 0 Å². The zero-order valence-corrected chi connectivity index (χ0v) is 8.81. The Bertz CT molecular complexity index is 246. The Kier molecular flexibility index (Phi) is 1.73. The molecule has 2 heteroatoms. The monoisotopic (exact) mass is 181 g/mol. The maximum atomic E-state index is 11.4. The fraction of sp³-hybridized carbons (Fsp3) is 0.909. The van der Waals surface area contributed by atoms with Gasteiger partial charge in [-0.15, -0.1) is 0 Å². The Morgan fingerprint density at radius 1 is 1.38 bits per heavy atom. The van der Waals surface area contributed by atoms with Gasteiger partial charge < -0.3 is 5.32 Å².